The number of carbonyl (C=O) groups is 1. The van der Waals surface area contributed by atoms with E-state index in [1.165, 1.54) is 18.4 Å². The van der Waals surface area contributed by atoms with Crippen LogP contribution in [0.25, 0.3) is 5.52 Å². The Labute approximate surface area is 133 Å². The second kappa shape index (κ2) is 5.16. The maximum atomic E-state index is 11.4. The fourth-order valence-corrected chi connectivity index (χ4v) is 3.31. The van der Waals surface area contributed by atoms with E-state index >= 15 is 0 Å². The third kappa shape index (κ3) is 2.43. The quantitative estimate of drug-likeness (QED) is 0.942. The first kappa shape index (κ1) is 13.9. The number of halogens is 1. The van der Waals surface area contributed by atoms with E-state index in [9.17, 15) is 4.79 Å². The summed E-state index contributed by atoms with van der Waals surface area (Å²) in [6, 6.07) is 1.85. The van der Waals surface area contributed by atoms with E-state index in [1.807, 2.05) is 19.2 Å². The summed E-state index contributed by atoms with van der Waals surface area (Å²) in [5.41, 5.74) is 2.25. The van der Waals surface area contributed by atoms with E-state index in [0.29, 0.717) is 23.9 Å². The number of pyridine rings is 1. The third-order valence-corrected chi connectivity index (χ3v) is 4.78. The van der Waals surface area contributed by atoms with Gasteiger partial charge in [0.1, 0.15) is 17.4 Å². The van der Waals surface area contributed by atoms with Crippen LogP contribution in [0.4, 0.5) is 0 Å². The Morgan fingerprint density at radius 2 is 2.32 bits per heavy atom. The molecule has 1 N–H and O–H groups in total. The summed E-state index contributed by atoms with van der Waals surface area (Å²) in [6.07, 6.45) is 6.61. The largest absolute Gasteiger partial charge is 0.488 e. The van der Waals surface area contributed by atoms with Crippen LogP contribution in [0.3, 0.4) is 0 Å². The topological polar surface area (TPSA) is 55.6 Å². The Morgan fingerprint density at radius 3 is 3.00 bits per heavy atom. The van der Waals surface area contributed by atoms with Gasteiger partial charge < -0.3 is 10.1 Å². The molecule has 2 aromatic heterocycles. The minimum Gasteiger partial charge on any atom is -0.488 e. The predicted octanol–water partition coefficient (Wildman–Crippen LogP) is 2.77. The molecule has 0 bridgehead atoms. The number of amides is 1. The van der Waals surface area contributed by atoms with Crippen molar-refractivity contribution in [1.82, 2.24) is 14.9 Å². The highest BCUT2D eigenvalue weighted by molar-refractivity contribution is 6.30. The summed E-state index contributed by atoms with van der Waals surface area (Å²) >= 11 is 6.19. The Morgan fingerprint density at radius 1 is 1.50 bits per heavy atom. The lowest BCUT2D eigenvalue weighted by Crippen LogP contribution is -2.25. The van der Waals surface area contributed by atoms with Crippen LogP contribution in [0.5, 0.6) is 5.75 Å². The number of rotatable bonds is 4. The Hall–Kier alpha value is -1.75. The van der Waals surface area contributed by atoms with Crippen molar-refractivity contribution >= 4 is 23.0 Å². The van der Waals surface area contributed by atoms with E-state index in [-0.39, 0.29) is 17.9 Å². The molecule has 5 nitrogen and oxygen atoms in total. The Balaban J connectivity index is 1.67. The first-order valence-corrected chi connectivity index (χ1v) is 8.10. The highest BCUT2D eigenvalue weighted by Gasteiger charge is 2.31. The summed E-state index contributed by atoms with van der Waals surface area (Å²) in [6.45, 7) is 2.68. The summed E-state index contributed by atoms with van der Waals surface area (Å²) in [7, 11) is 0. The summed E-state index contributed by atoms with van der Waals surface area (Å²) in [5.74, 6) is 1.64. The van der Waals surface area contributed by atoms with Gasteiger partial charge in [0.25, 0.3) is 0 Å². The number of nitrogens with one attached hydrogen (secondary N) is 1. The van der Waals surface area contributed by atoms with Gasteiger partial charge in [0.05, 0.1) is 11.2 Å². The molecule has 1 saturated carbocycles. The zero-order chi connectivity index (χ0) is 15.3. The second-order valence-corrected chi connectivity index (χ2v) is 6.72. The van der Waals surface area contributed by atoms with E-state index in [0.717, 1.165) is 11.3 Å². The first-order chi connectivity index (χ1) is 10.6. The van der Waals surface area contributed by atoms with Gasteiger partial charge in [-0.1, -0.05) is 11.6 Å². The average Bonchev–Trinajstić information content (AvgIpc) is 3.08. The van der Waals surface area contributed by atoms with Crippen molar-refractivity contribution in [2.75, 3.05) is 6.54 Å². The van der Waals surface area contributed by atoms with Crippen LogP contribution in [0, 0.1) is 5.92 Å². The molecular weight excluding hydrogens is 302 g/mol. The number of nitrogens with zero attached hydrogens (tertiary/aromatic N) is 2. The van der Waals surface area contributed by atoms with Crippen molar-refractivity contribution in [1.29, 1.82) is 0 Å². The lowest BCUT2D eigenvalue weighted by atomic mass is 10.0. The minimum atomic E-state index is -0.0526. The molecule has 22 heavy (non-hydrogen) atoms. The normalized spacial score (nSPS) is 22.8. The molecule has 6 heteroatoms. The maximum Gasteiger partial charge on any atom is 0.220 e. The van der Waals surface area contributed by atoms with Crippen molar-refractivity contribution in [3.8, 4) is 5.75 Å². The molecule has 2 aromatic rings. The molecule has 4 rings (SSSR count). The molecule has 0 aromatic carbocycles. The molecule has 1 saturated heterocycles. The van der Waals surface area contributed by atoms with Crippen LogP contribution < -0.4 is 10.1 Å². The number of aromatic nitrogens is 2. The molecule has 0 spiro atoms. The van der Waals surface area contributed by atoms with Crippen molar-refractivity contribution in [2.45, 2.75) is 38.2 Å². The molecule has 116 valence electrons. The van der Waals surface area contributed by atoms with Crippen molar-refractivity contribution < 1.29 is 9.53 Å². The predicted molar refractivity (Wildman–Crippen MR) is 83.4 cm³/mol. The molecule has 1 aliphatic carbocycles. The van der Waals surface area contributed by atoms with Crippen LogP contribution in [0.2, 0.25) is 5.02 Å². The molecule has 2 aliphatic rings. The smallest absolute Gasteiger partial charge is 0.220 e. The molecule has 2 atom stereocenters. The van der Waals surface area contributed by atoms with Crippen LogP contribution in [0.15, 0.2) is 18.5 Å². The number of ether oxygens (including phenoxy) is 1. The third-order valence-electron chi connectivity index (χ3n) is 4.57. The number of hydrogen-bond acceptors (Lipinski definition) is 3. The first-order valence-electron chi connectivity index (χ1n) is 7.72. The average molecular weight is 320 g/mol. The number of fused-ring (bicyclic) bond motifs is 1. The molecule has 3 heterocycles. The Bertz CT molecular complexity index is 738. The van der Waals surface area contributed by atoms with E-state index in [1.54, 1.807) is 10.7 Å². The van der Waals surface area contributed by atoms with Crippen molar-refractivity contribution in [3.63, 3.8) is 0 Å². The zero-order valence-electron chi connectivity index (χ0n) is 12.4. The lowest BCUT2D eigenvalue weighted by molar-refractivity contribution is -0.119. The molecule has 0 radical (unpaired) electrons. The van der Waals surface area contributed by atoms with Crippen molar-refractivity contribution in [2.24, 2.45) is 5.92 Å². The fourth-order valence-electron chi connectivity index (χ4n) is 3.12. The van der Waals surface area contributed by atoms with Gasteiger partial charge in [-0.2, -0.15) is 5.10 Å². The van der Waals surface area contributed by atoms with E-state index in [2.05, 4.69) is 10.4 Å². The maximum absolute atomic E-state index is 11.4. The molecule has 2 fully saturated rings. The second-order valence-electron chi connectivity index (χ2n) is 6.28. The van der Waals surface area contributed by atoms with Gasteiger partial charge in [-0.05, 0) is 25.7 Å². The lowest BCUT2D eigenvalue weighted by Gasteiger charge is -2.20. The van der Waals surface area contributed by atoms with Crippen LogP contribution in [0.1, 0.15) is 37.7 Å². The summed E-state index contributed by atoms with van der Waals surface area (Å²) < 4.78 is 7.98. The van der Waals surface area contributed by atoms with E-state index < -0.39 is 0 Å². The fraction of sp³-hybridized carbons (Fsp3) is 0.500. The standard InChI is InChI=1S/C16H18ClN3O2/c1-9(11-4-15(21)18-6-11)22-14-5-12(17)8-20-16(14)13(7-19-20)10-2-3-10/h5,7-11H,2-4,6H2,1H3,(H,18,21)/t9?,11-/m1/s1. The van der Waals surface area contributed by atoms with Crippen LogP contribution in [-0.4, -0.2) is 28.2 Å². The van der Waals surface area contributed by atoms with Gasteiger partial charge in [0.2, 0.25) is 5.91 Å². The van der Waals surface area contributed by atoms with Gasteiger partial charge in [0, 0.05) is 36.7 Å². The summed E-state index contributed by atoms with van der Waals surface area (Å²) in [5, 5.41) is 7.86. The minimum absolute atomic E-state index is 0.0526. The van der Waals surface area contributed by atoms with Crippen molar-refractivity contribution in [3.05, 3.63) is 29.0 Å². The molecule has 1 aliphatic heterocycles. The van der Waals surface area contributed by atoms with Gasteiger partial charge in [-0.25, -0.2) is 4.52 Å². The van der Waals surface area contributed by atoms with Crippen LogP contribution in [-0.2, 0) is 4.79 Å². The van der Waals surface area contributed by atoms with Gasteiger partial charge in [0.15, 0.2) is 0 Å². The molecule has 1 amide bonds. The summed E-state index contributed by atoms with van der Waals surface area (Å²) in [4.78, 5) is 11.4. The van der Waals surface area contributed by atoms with Gasteiger partial charge in [-0.3, -0.25) is 4.79 Å². The Kier molecular flexibility index (Phi) is 3.26. The highest BCUT2D eigenvalue weighted by atomic mass is 35.5. The number of hydrogen-bond donors (Lipinski definition) is 1. The van der Waals surface area contributed by atoms with Gasteiger partial charge in [-0.15, -0.1) is 0 Å². The highest BCUT2D eigenvalue weighted by Crippen LogP contribution is 2.44. The monoisotopic (exact) mass is 319 g/mol. The van der Waals surface area contributed by atoms with Crippen LogP contribution >= 0.6 is 11.6 Å². The van der Waals surface area contributed by atoms with E-state index in [4.69, 9.17) is 16.3 Å². The number of carbonyl (C=O) groups excluding carboxylic acids is 1. The SMILES string of the molecule is CC(Oc1cc(Cl)cn2ncc(C3CC3)c12)[C@H]1CNC(=O)C1. The molecule has 1 unspecified atom stereocenters. The zero-order valence-corrected chi connectivity index (χ0v) is 13.1. The van der Waals surface area contributed by atoms with Gasteiger partial charge >= 0.3 is 0 Å². The molecular formula is C16H18ClN3O2.